The molecule has 0 spiro atoms. The molecule has 2 N–H and O–H groups in total. The van der Waals surface area contributed by atoms with Crippen LogP contribution >= 0.6 is 35.3 Å². The van der Waals surface area contributed by atoms with Crippen molar-refractivity contribution in [2.45, 2.75) is 19.9 Å². The van der Waals surface area contributed by atoms with Crippen LogP contribution in [0.1, 0.15) is 22.3 Å². The van der Waals surface area contributed by atoms with E-state index in [0.29, 0.717) is 16.4 Å². The highest BCUT2D eigenvalue weighted by molar-refractivity contribution is 7.20. The van der Waals surface area contributed by atoms with Gasteiger partial charge in [-0.1, -0.05) is 11.6 Å². The molecule has 2 aromatic heterocycles. The number of rotatable bonds is 4. The Bertz CT molecular complexity index is 888. The summed E-state index contributed by atoms with van der Waals surface area (Å²) in [6, 6.07) is 9.40. The number of amides is 1. The molecule has 2 heterocycles. The van der Waals surface area contributed by atoms with E-state index in [9.17, 15) is 4.79 Å². The summed E-state index contributed by atoms with van der Waals surface area (Å²) in [5.74, 6) is -0.0174. The van der Waals surface area contributed by atoms with Crippen molar-refractivity contribution in [2.24, 2.45) is 5.73 Å². The first-order chi connectivity index (χ1) is 11.4. The van der Waals surface area contributed by atoms with E-state index in [-0.39, 0.29) is 24.4 Å². The van der Waals surface area contributed by atoms with Crippen molar-refractivity contribution >= 4 is 51.5 Å². The maximum absolute atomic E-state index is 12.7. The van der Waals surface area contributed by atoms with Crippen molar-refractivity contribution in [2.75, 3.05) is 13.6 Å². The monoisotopic (exact) mass is 398 g/mol. The van der Waals surface area contributed by atoms with Crippen molar-refractivity contribution in [1.82, 2.24) is 14.7 Å². The van der Waals surface area contributed by atoms with Crippen LogP contribution in [0.2, 0.25) is 5.02 Å². The third-order valence-electron chi connectivity index (χ3n) is 4.15. The molecule has 0 saturated heterocycles. The van der Waals surface area contributed by atoms with Gasteiger partial charge in [-0.25, -0.2) is 4.68 Å². The van der Waals surface area contributed by atoms with Crippen LogP contribution in [-0.2, 0) is 0 Å². The number of carbonyl (C=O) groups excluding carboxylic acids is 1. The number of carbonyl (C=O) groups is 1. The standard InChI is InChI=1S/C17H19ClN4OS.ClH/c1-10(9-19)21(3)16(23)15-8-14-11(2)20-22(17(14)24-15)13-6-4-12(18)5-7-13;/h4-8,10H,9,19H2,1-3H3;1H. The minimum Gasteiger partial charge on any atom is -0.337 e. The molecule has 0 aliphatic carbocycles. The van der Waals surface area contributed by atoms with Gasteiger partial charge in [0.05, 0.1) is 16.3 Å². The summed E-state index contributed by atoms with van der Waals surface area (Å²) in [7, 11) is 1.78. The highest BCUT2D eigenvalue weighted by Gasteiger charge is 2.21. The number of thiophene rings is 1. The summed E-state index contributed by atoms with van der Waals surface area (Å²) < 4.78 is 1.86. The van der Waals surface area contributed by atoms with E-state index in [0.717, 1.165) is 21.6 Å². The van der Waals surface area contributed by atoms with E-state index in [4.69, 9.17) is 17.3 Å². The van der Waals surface area contributed by atoms with Crippen molar-refractivity contribution in [3.8, 4) is 5.69 Å². The minimum absolute atomic E-state index is 0. The summed E-state index contributed by atoms with van der Waals surface area (Å²) in [4.78, 5) is 16.0. The molecule has 1 aromatic carbocycles. The van der Waals surface area contributed by atoms with Crippen molar-refractivity contribution in [3.63, 3.8) is 0 Å². The van der Waals surface area contributed by atoms with Gasteiger partial charge in [0.2, 0.25) is 0 Å². The second kappa shape index (κ2) is 7.74. The number of likely N-dealkylation sites (N-methyl/N-ethyl adjacent to an activating group) is 1. The molecule has 5 nitrogen and oxygen atoms in total. The largest absolute Gasteiger partial charge is 0.337 e. The van der Waals surface area contributed by atoms with Gasteiger partial charge in [-0.2, -0.15) is 5.10 Å². The molecule has 0 saturated carbocycles. The smallest absolute Gasteiger partial charge is 0.264 e. The molecule has 0 radical (unpaired) electrons. The third-order valence-corrected chi connectivity index (χ3v) is 5.50. The summed E-state index contributed by atoms with van der Waals surface area (Å²) in [6.45, 7) is 4.32. The molecule has 1 unspecified atom stereocenters. The molecule has 3 aromatic rings. The Morgan fingerprint density at radius 2 is 2.04 bits per heavy atom. The second-order valence-electron chi connectivity index (χ2n) is 5.80. The number of aryl methyl sites for hydroxylation is 1. The van der Waals surface area contributed by atoms with Crippen LogP contribution in [0.4, 0.5) is 0 Å². The number of hydrogen-bond acceptors (Lipinski definition) is 4. The zero-order valence-corrected chi connectivity index (χ0v) is 16.6. The number of aromatic nitrogens is 2. The number of benzene rings is 1. The molecule has 1 amide bonds. The summed E-state index contributed by atoms with van der Waals surface area (Å²) in [5, 5.41) is 6.26. The second-order valence-corrected chi connectivity index (χ2v) is 7.27. The average molecular weight is 399 g/mol. The summed E-state index contributed by atoms with van der Waals surface area (Å²) in [6.07, 6.45) is 0. The van der Waals surface area contributed by atoms with E-state index >= 15 is 0 Å². The van der Waals surface area contributed by atoms with E-state index in [1.54, 1.807) is 11.9 Å². The van der Waals surface area contributed by atoms with Crippen LogP contribution in [0, 0.1) is 6.92 Å². The zero-order chi connectivity index (χ0) is 17.4. The number of nitrogens with zero attached hydrogens (tertiary/aromatic N) is 3. The summed E-state index contributed by atoms with van der Waals surface area (Å²) >= 11 is 7.40. The first kappa shape index (κ1) is 19.7. The highest BCUT2D eigenvalue weighted by atomic mass is 35.5. The van der Waals surface area contributed by atoms with Gasteiger partial charge in [0, 0.05) is 30.0 Å². The first-order valence-electron chi connectivity index (χ1n) is 7.64. The lowest BCUT2D eigenvalue weighted by Crippen LogP contribution is -2.39. The number of fused-ring (bicyclic) bond motifs is 1. The van der Waals surface area contributed by atoms with Gasteiger partial charge < -0.3 is 10.6 Å². The molecule has 0 fully saturated rings. The molecule has 25 heavy (non-hydrogen) atoms. The van der Waals surface area contributed by atoms with Gasteiger partial charge in [0.1, 0.15) is 4.83 Å². The van der Waals surface area contributed by atoms with Gasteiger partial charge in [0.15, 0.2) is 0 Å². The highest BCUT2D eigenvalue weighted by Crippen LogP contribution is 2.31. The molecular weight excluding hydrogens is 379 g/mol. The molecular formula is C17H20Cl2N4OS. The molecule has 1 atom stereocenters. The lowest BCUT2D eigenvalue weighted by molar-refractivity contribution is 0.0753. The van der Waals surface area contributed by atoms with E-state index in [1.807, 2.05) is 48.9 Å². The van der Waals surface area contributed by atoms with E-state index < -0.39 is 0 Å². The fraction of sp³-hybridized carbons (Fsp3) is 0.294. The van der Waals surface area contributed by atoms with Crippen LogP contribution in [0.5, 0.6) is 0 Å². The molecule has 0 aliphatic heterocycles. The predicted octanol–water partition coefficient (Wildman–Crippen LogP) is 3.89. The molecule has 8 heteroatoms. The lowest BCUT2D eigenvalue weighted by Gasteiger charge is -2.22. The quantitative estimate of drug-likeness (QED) is 0.724. The van der Waals surface area contributed by atoms with E-state index in [1.165, 1.54) is 11.3 Å². The Balaban J connectivity index is 0.00000225. The van der Waals surface area contributed by atoms with Crippen LogP contribution in [0.25, 0.3) is 15.9 Å². The van der Waals surface area contributed by atoms with Gasteiger partial charge in [-0.15, -0.1) is 23.7 Å². The van der Waals surface area contributed by atoms with Gasteiger partial charge >= 0.3 is 0 Å². The Morgan fingerprint density at radius 3 is 2.64 bits per heavy atom. The van der Waals surface area contributed by atoms with Crippen LogP contribution in [-0.4, -0.2) is 40.2 Å². The zero-order valence-electron chi connectivity index (χ0n) is 14.2. The summed E-state index contributed by atoms with van der Waals surface area (Å²) in [5.41, 5.74) is 7.48. The average Bonchev–Trinajstić information content (AvgIpc) is 3.14. The van der Waals surface area contributed by atoms with E-state index in [2.05, 4.69) is 5.10 Å². The number of halogens is 2. The molecule has 0 bridgehead atoms. The first-order valence-corrected chi connectivity index (χ1v) is 8.84. The van der Waals surface area contributed by atoms with Crippen LogP contribution in [0.15, 0.2) is 30.3 Å². The van der Waals surface area contributed by atoms with Crippen molar-refractivity contribution in [1.29, 1.82) is 0 Å². The van der Waals surface area contributed by atoms with Gasteiger partial charge in [-0.3, -0.25) is 4.79 Å². The maximum Gasteiger partial charge on any atom is 0.264 e. The van der Waals surface area contributed by atoms with Gasteiger partial charge in [0.25, 0.3) is 5.91 Å². The minimum atomic E-state index is -0.0174. The Labute approximate surface area is 161 Å². The topological polar surface area (TPSA) is 64.2 Å². The predicted molar refractivity (Wildman–Crippen MR) is 107 cm³/mol. The van der Waals surface area contributed by atoms with Crippen LogP contribution in [0.3, 0.4) is 0 Å². The lowest BCUT2D eigenvalue weighted by atomic mass is 10.2. The third kappa shape index (κ3) is 3.67. The fourth-order valence-corrected chi connectivity index (χ4v) is 3.73. The number of nitrogens with two attached hydrogens (primary N) is 1. The van der Waals surface area contributed by atoms with Gasteiger partial charge in [-0.05, 0) is 44.2 Å². The molecule has 3 rings (SSSR count). The Morgan fingerprint density at radius 1 is 1.40 bits per heavy atom. The maximum atomic E-state index is 12.7. The Hall–Kier alpha value is -1.60. The number of hydrogen-bond donors (Lipinski definition) is 1. The molecule has 134 valence electrons. The SMILES string of the molecule is Cc1nn(-c2ccc(Cl)cc2)c2sc(C(=O)N(C)C(C)CN)cc12.Cl. The molecule has 0 aliphatic rings. The fourth-order valence-electron chi connectivity index (χ4n) is 2.44. The van der Waals surface area contributed by atoms with Crippen molar-refractivity contribution in [3.05, 3.63) is 45.9 Å². The normalized spacial score (nSPS) is 12.0. The Kier molecular flexibility index (Phi) is 6.11. The van der Waals surface area contributed by atoms with Crippen molar-refractivity contribution < 1.29 is 4.79 Å². The van der Waals surface area contributed by atoms with Crippen LogP contribution < -0.4 is 5.73 Å².